The maximum atomic E-state index is 12.8. The van der Waals surface area contributed by atoms with Gasteiger partial charge in [-0.15, -0.1) is 0 Å². The van der Waals surface area contributed by atoms with Crippen LogP contribution in [0.25, 0.3) is 0 Å². The highest BCUT2D eigenvalue weighted by Gasteiger charge is 2.24. The maximum absolute atomic E-state index is 12.8. The smallest absolute Gasteiger partial charge is 0.339 e. The van der Waals surface area contributed by atoms with Gasteiger partial charge in [0.2, 0.25) is 0 Å². The monoisotopic (exact) mass is 421 g/mol. The van der Waals surface area contributed by atoms with E-state index in [4.69, 9.17) is 9.47 Å². The molecule has 0 aliphatic heterocycles. The zero-order valence-corrected chi connectivity index (χ0v) is 18.2. The van der Waals surface area contributed by atoms with Crippen LogP contribution in [0, 0.1) is 6.92 Å². The first kappa shape index (κ1) is 22.1. The van der Waals surface area contributed by atoms with Crippen molar-refractivity contribution < 1.29 is 19.1 Å². The Kier molecular flexibility index (Phi) is 7.07. The SMILES string of the molecule is CCc1[nH]c(C(=O)NC(C)c2ccc(OCc3cccnc3)cc2)c(C)c1C(=O)OC. The third-order valence-corrected chi connectivity index (χ3v) is 5.15. The Labute approximate surface area is 181 Å². The van der Waals surface area contributed by atoms with Gasteiger partial charge in [0.05, 0.1) is 18.7 Å². The molecule has 1 amide bonds. The maximum Gasteiger partial charge on any atom is 0.339 e. The molecule has 1 aromatic carbocycles. The number of ether oxygens (including phenoxy) is 2. The predicted molar refractivity (Wildman–Crippen MR) is 117 cm³/mol. The molecule has 0 fully saturated rings. The van der Waals surface area contributed by atoms with E-state index in [1.165, 1.54) is 7.11 Å². The number of esters is 1. The minimum absolute atomic E-state index is 0.228. The summed E-state index contributed by atoms with van der Waals surface area (Å²) in [5.41, 5.74) is 4.02. The summed E-state index contributed by atoms with van der Waals surface area (Å²) in [5, 5.41) is 2.98. The van der Waals surface area contributed by atoms with E-state index in [1.807, 2.05) is 50.2 Å². The molecule has 2 aromatic heterocycles. The van der Waals surface area contributed by atoms with Gasteiger partial charge in [-0.2, -0.15) is 0 Å². The third kappa shape index (κ3) is 5.12. The van der Waals surface area contributed by atoms with Crippen molar-refractivity contribution in [3.63, 3.8) is 0 Å². The summed E-state index contributed by atoms with van der Waals surface area (Å²) < 4.78 is 10.6. The van der Waals surface area contributed by atoms with Crippen LogP contribution in [-0.4, -0.2) is 29.0 Å². The van der Waals surface area contributed by atoms with Crippen LogP contribution in [0.5, 0.6) is 5.75 Å². The van der Waals surface area contributed by atoms with E-state index in [0.29, 0.717) is 35.5 Å². The molecule has 0 saturated carbocycles. The number of aryl methyl sites for hydroxylation is 1. The van der Waals surface area contributed by atoms with Crippen molar-refractivity contribution in [2.24, 2.45) is 0 Å². The van der Waals surface area contributed by atoms with Gasteiger partial charge in [0.1, 0.15) is 18.1 Å². The van der Waals surface area contributed by atoms with Crippen molar-refractivity contribution in [2.45, 2.75) is 39.8 Å². The van der Waals surface area contributed by atoms with Crippen molar-refractivity contribution in [3.05, 3.63) is 82.4 Å². The molecule has 0 bridgehead atoms. The molecule has 1 unspecified atom stereocenters. The van der Waals surface area contributed by atoms with Gasteiger partial charge in [0.15, 0.2) is 0 Å². The van der Waals surface area contributed by atoms with Gasteiger partial charge in [-0.05, 0) is 49.6 Å². The topological polar surface area (TPSA) is 93.3 Å². The molecule has 31 heavy (non-hydrogen) atoms. The Morgan fingerprint density at radius 2 is 1.94 bits per heavy atom. The van der Waals surface area contributed by atoms with E-state index < -0.39 is 5.97 Å². The summed E-state index contributed by atoms with van der Waals surface area (Å²) in [7, 11) is 1.33. The Morgan fingerprint density at radius 1 is 1.19 bits per heavy atom. The average molecular weight is 421 g/mol. The van der Waals surface area contributed by atoms with Crippen molar-refractivity contribution in [2.75, 3.05) is 7.11 Å². The molecule has 0 aliphatic rings. The quantitative estimate of drug-likeness (QED) is 0.533. The number of carbonyl (C=O) groups excluding carboxylic acids is 2. The molecular formula is C24H27N3O4. The lowest BCUT2D eigenvalue weighted by Gasteiger charge is -2.15. The molecular weight excluding hydrogens is 394 g/mol. The fourth-order valence-electron chi connectivity index (χ4n) is 3.38. The number of hydrogen-bond donors (Lipinski definition) is 2. The number of rotatable bonds is 8. The lowest BCUT2D eigenvalue weighted by atomic mass is 10.1. The third-order valence-electron chi connectivity index (χ3n) is 5.15. The summed E-state index contributed by atoms with van der Waals surface area (Å²) >= 11 is 0. The van der Waals surface area contributed by atoms with E-state index >= 15 is 0 Å². The molecule has 162 valence electrons. The van der Waals surface area contributed by atoms with Crippen LogP contribution in [0.15, 0.2) is 48.8 Å². The Balaban J connectivity index is 1.66. The summed E-state index contributed by atoms with van der Waals surface area (Å²) in [6.07, 6.45) is 4.08. The number of hydrogen-bond acceptors (Lipinski definition) is 5. The summed E-state index contributed by atoms with van der Waals surface area (Å²) in [4.78, 5) is 32.1. The molecule has 3 aromatic rings. The van der Waals surface area contributed by atoms with Crippen molar-refractivity contribution >= 4 is 11.9 Å². The normalized spacial score (nSPS) is 11.6. The Hall–Kier alpha value is -3.61. The molecule has 0 spiro atoms. The molecule has 0 saturated heterocycles. The van der Waals surface area contributed by atoms with Crippen molar-refractivity contribution in [1.82, 2.24) is 15.3 Å². The van der Waals surface area contributed by atoms with Gasteiger partial charge in [-0.3, -0.25) is 9.78 Å². The van der Waals surface area contributed by atoms with Gasteiger partial charge in [0, 0.05) is 23.7 Å². The average Bonchev–Trinajstić information content (AvgIpc) is 3.14. The number of H-pyrrole nitrogens is 1. The molecule has 7 heteroatoms. The van der Waals surface area contributed by atoms with E-state index in [1.54, 1.807) is 19.3 Å². The standard InChI is InChI=1S/C24H27N3O4/c1-5-20-21(24(29)30-4)15(2)22(27-20)23(28)26-16(3)18-8-10-19(11-9-18)31-14-17-7-6-12-25-13-17/h6-13,16,27H,5,14H2,1-4H3,(H,26,28). The lowest BCUT2D eigenvalue weighted by molar-refractivity contribution is 0.0599. The van der Waals surface area contributed by atoms with Crippen molar-refractivity contribution in [1.29, 1.82) is 0 Å². The van der Waals surface area contributed by atoms with Gasteiger partial charge in [-0.1, -0.05) is 25.1 Å². The molecule has 0 radical (unpaired) electrons. The molecule has 1 atom stereocenters. The van der Waals surface area contributed by atoms with Crippen LogP contribution in [0.3, 0.4) is 0 Å². The van der Waals surface area contributed by atoms with E-state index in [0.717, 1.165) is 16.9 Å². The summed E-state index contributed by atoms with van der Waals surface area (Å²) in [5.74, 6) is 0.0213. The molecule has 2 heterocycles. The van der Waals surface area contributed by atoms with Crippen LogP contribution in [-0.2, 0) is 17.8 Å². The second kappa shape index (κ2) is 9.93. The Bertz CT molecular complexity index is 1040. The molecule has 7 nitrogen and oxygen atoms in total. The minimum Gasteiger partial charge on any atom is -0.489 e. The number of aromatic nitrogens is 2. The number of aromatic amines is 1. The number of methoxy groups -OCH3 is 1. The van der Waals surface area contributed by atoms with Gasteiger partial charge in [0.25, 0.3) is 5.91 Å². The number of amides is 1. The van der Waals surface area contributed by atoms with Crippen molar-refractivity contribution in [3.8, 4) is 5.75 Å². The van der Waals surface area contributed by atoms with E-state index in [-0.39, 0.29) is 11.9 Å². The van der Waals surface area contributed by atoms with Gasteiger partial charge in [-0.25, -0.2) is 4.79 Å². The first-order valence-corrected chi connectivity index (χ1v) is 10.2. The summed E-state index contributed by atoms with van der Waals surface area (Å²) in [6.45, 7) is 6.01. The van der Waals surface area contributed by atoms with E-state index in [2.05, 4.69) is 15.3 Å². The number of nitrogens with one attached hydrogen (secondary N) is 2. The van der Waals surface area contributed by atoms with Crippen LogP contribution in [0.4, 0.5) is 0 Å². The second-order valence-electron chi connectivity index (χ2n) is 7.24. The van der Waals surface area contributed by atoms with Crippen LogP contribution in [0.2, 0.25) is 0 Å². The van der Waals surface area contributed by atoms with Crippen LogP contribution in [0.1, 0.15) is 63.1 Å². The largest absolute Gasteiger partial charge is 0.489 e. The predicted octanol–water partition coefficient (Wildman–Crippen LogP) is 4.14. The first-order chi connectivity index (χ1) is 14.9. The highest BCUT2D eigenvalue weighted by Crippen LogP contribution is 2.22. The fourth-order valence-corrected chi connectivity index (χ4v) is 3.38. The first-order valence-electron chi connectivity index (χ1n) is 10.2. The zero-order valence-electron chi connectivity index (χ0n) is 18.2. The fraction of sp³-hybridized carbons (Fsp3) is 0.292. The van der Waals surface area contributed by atoms with Crippen LogP contribution >= 0.6 is 0 Å². The second-order valence-corrected chi connectivity index (χ2v) is 7.24. The number of benzene rings is 1. The lowest BCUT2D eigenvalue weighted by Crippen LogP contribution is -2.27. The zero-order chi connectivity index (χ0) is 22.4. The van der Waals surface area contributed by atoms with Gasteiger partial charge < -0.3 is 19.8 Å². The number of carbonyl (C=O) groups is 2. The highest BCUT2D eigenvalue weighted by molar-refractivity contribution is 6.00. The highest BCUT2D eigenvalue weighted by atomic mass is 16.5. The summed E-state index contributed by atoms with van der Waals surface area (Å²) in [6, 6.07) is 11.2. The minimum atomic E-state index is -0.445. The van der Waals surface area contributed by atoms with Gasteiger partial charge >= 0.3 is 5.97 Å². The molecule has 3 rings (SSSR count). The van der Waals surface area contributed by atoms with Crippen LogP contribution < -0.4 is 10.1 Å². The number of pyridine rings is 1. The number of nitrogens with zero attached hydrogens (tertiary/aromatic N) is 1. The Morgan fingerprint density at radius 3 is 2.55 bits per heavy atom. The van der Waals surface area contributed by atoms with E-state index in [9.17, 15) is 9.59 Å². The molecule has 2 N–H and O–H groups in total. The molecule has 0 aliphatic carbocycles.